The molecule has 0 fully saturated rings. The summed E-state index contributed by atoms with van der Waals surface area (Å²) in [7, 11) is 1.61. The molecule has 1 heterocycles. The molecule has 1 aromatic heterocycles. The standard InChI is InChI=1S/C20H25N3O5/c1-14(2)22-20(26)21-11-15-6-8-16(9-7-15)19(25)28-13-18(24)23(3)12-17-5-4-10-27-17/h4-10,14H,11-13H2,1-3H3,(H2,21,22,26). The Balaban J connectivity index is 1.77. The number of nitrogens with one attached hydrogen (secondary N) is 2. The number of hydrogen-bond donors (Lipinski definition) is 2. The summed E-state index contributed by atoms with van der Waals surface area (Å²) in [4.78, 5) is 37.1. The largest absolute Gasteiger partial charge is 0.467 e. The van der Waals surface area contributed by atoms with Crippen LogP contribution < -0.4 is 10.6 Å². The average molecular weight is 387 g/mol. The summed E-state index contributed by atoms with van der Waals surface area (Å²) in [6.45, 7) is 4.03. The predicted octanol–water partition coefficient (Wildman–Crippen LogP) is 2.30. The van der Waals surface area contributed by atoms with Gasteiger partial charge in [-0.15, -0.1) is 0 Å². The van der Waals surface area contributed by atoms with Gasteiger partial charge in [-0.3, -0.25) is 4.79 Å². The molecule has 0 saturated heterocycles. The smallest absolute Gasteiger partial charge is 0.338 e. The number of carbonyl (C=O) groups is 3. The van der Waals surface area contributed by atoms with E-state index in [2.05, 4.69) is 10.6 Å². The minimum Gasteiger partial charge on any atom is -0.467 e. The highest BCUT2D eigenvalue weighted by Gasteiger charge is 2.14. The zero-order valence-corrected chi connectivity index (χ0v) is 16.2. The lowest BCUT2D eigenvalue weighted by Gasteiger charge is -2.15. The van der Waals surface area contributed by atoms with Crippen LogP contribution >= 0.6 is 0 Å². The van der Waals surface area contributed by atoms with E-state index in [1.807, 2.05) is 13.8 Å². The van der Waals surface area contributed by atoms with Crippen LogP contribution in [-0.4, -0.2) is 42.5 Å². The topological polar surface area (TPSA) is 101 Å². The first-order chi connectivity index (χ1) is 13.3. The van der Waals surface area contributed by atoms with Crippen molar-refractivity contribution in [3.8, 4) is 0 Å². The van der Waals surface area contributed by atoms with Gasteiger partial charge in [0.25, 0.3) is 5.91 Å². The molecule has 2 aromatic rings. The number of benzene rings is 1. The van der Waals surface area contributed by atoms with Crippen LogP contribution in [0.15, 0.2) is 47.1 Å². The molecular weight excluding hydrogens is 362 g/mol. The van der Waals surface area contributed by atoms with Gasteiger partial charge in [-0.2, -0.15) is 0 Å². The van der Waals surface area contributed by atoms with Crippen LogP contribution in [0.25, 0.3) is 0 Å². The Hall–Kier alpha value is -3.29. The molecule has 0 radical (unpaired) electrons. The number of urea groups is 1. The number of carbonyl (C=O) groups excluding carboxylic acids is 3. The summed E-state index contributed by atoms with van der Waals surface area (Å²) in [5.41, 5.74) is 1.17. The Morgan fingerprint density at radius 2 is 1.86 bits per heavy atom. The molecule has 0 unspecified atom stereocenters. The number of likely N-dealkylation sites (N-methyl/N-ethyl adjacent to an activating group) is 1. The maximum Gasteiger partial charge on any atom is 0.338 e. The van der Waals surface area contributed by atoms with Crippen LogP contribution in [0.3, 0.4) is 0 Å². The van der Waals surface area contributed by atoms with Crippen LogP contribution in [0.4, 0.5) is 4.79 Å². The minimum absolute atomic E-state index is 0.0537. The summed E-state index contributed by atoms with van der Waals surface area (Å²) >= 11 is 0. The van der Waals surface area contributed by atoms with E-state index in [0.29, 0.717) is 24.4 Å². The zero-order chi connectivity index (χ0) is 20.5. The lowest BCUT2D eigenvalue weighted by molar-refractivity contribution is -0.133. The van der Waals surface area contributed by atoms with E-state index in [1.165, 1.54) is 11.2 Å². The second-order valence-electron chi connectivity index (χ2n) is 6.58. The number of ether oxygens (including phenoxy) is 1. The predicted molar refractivity (Wildman–Crippen MR) is 102 cm³/mol. The molecule has 8 nitrogen and oxygen atoms in total. The molecule has 1 aromatic carbocycles. The van der Waals surface area contributed by atoms with Gasteiger partial charge in [0.1, 0.15) is 5.76 Å². The molecule has 28 heavy (non-hydrogen) atoms. The lowest BCUT2D eigenvalue weighted by Crippen LogP contribution is -2.39. The summed E-state index contributed by atoms with van der Waals surface area (Å²) in [6.07, 6.45) is 1.53. The van der Waals surface area contributed by atoms with E-state index in [4.69, 9.17) is 9.15 Å². The van der Waals surface area contributed by atoms with Crippen LogP contribution in [-0.2, 0) is 22.6 Å². The van der Waals surface area contributed by atoms with E-state index in [-0.39, 0.29) is 24.6 Å². The highest BCUT2D eigenvalue weighted by molar-refractivity contribution is 5.91. The van der Waals surface area contributed by atoms with Crippen molar-refractivity contribution in [2.75, 3.05) is 13.7 Å². The Labute approximate surface area is 163 Å². The molecule has 150 valence electrons. The number of furan rings is 1. The fourth-order valence-corrected chi connectivity index (χ4v) is 2.30. The first kappa shape index (κ1) is 21.0. The van der Waals surface area contributed by atoms with Gasteiger partial charge in [-0.05, 0) is 43.7 Å². The van der Waals surface area contributed by atoms with E-state index in [1.54, 1.807) is 43.4 Å². The number of amides is 3. The van der Waals surface area contributed by atoms with E-state index < -0.39 is 5.97 Å². The molecule has 0 aliphatic heterocycles. The second kappa shape index (κ2) is 10.1. The van der Waals surface area contributed by atoms with E-state index in [0.717, 1.165) is 5.56 Å². The molecule has 0 spiro atoms. The number of esters is 1. The van der Waals surface area contributed by atoms with Crippen molar-refractivity contribution in [3.05, 3.63) is 59.5 Å². The fourth-order valence-electron chi connectivity index (χ4n) is 2.30. The molecule has 2 N–H and O–H groups in total. The van der Waals surface area contributed by atoms with Gasteiger partial charge in [-0.25, -0.2) is 9.59 Å². The monoisotopic (exact) mass is 387 g/mol. The van der Waals surface area contributed by atoms with Crippen molar-refractivity contribution in [1.29, 1.82) is 0 Å². The van der Waals surface area contributed by atoms with Gasteiger partial charge in [0.05, 0.1) is 18.4 Å². The highest BCUT2D eigenvalue weighted by atomic mass is 16.5. The van der Waals surface area contributed by atoms with Crippen LogP contribution in [0.2, 0.25) is 0 Å². The number of hydrogen-bond acceptors (Lipinski definition) is 5. The van der Waals surface area contributed by atoms with Crippen molar-refractivity contribution in [2.45, 2.75) is 33.0 Å². The Bertz CT molecular complexity index is 785. The third-order valence-electron chi connectivity index (χ3n) is 3.79. The van der Waals surface area contributed by atoms with Crippen molar-refractivity contribution in [1.82, 2.24) is 15.5 Å². The summed E-state index contributed by atoms with van der Waals surface area (Å²) < 4.78 is 10.3. The molecule has 8 heteroatoms. The van der Waals surface area contributed by atoms with Gasteiger partial charge in [0.15, 0.2) is 6.61 Å². The molecule has 2 rings (SSSR count). The normalized spacial score (nSPS) is 10.4. The fraction of sp³-hybridized carbons (Fsp3) is 0.350. The molecule has 0 atom stereocenters. The third-order valence-corrected chi connectivity index (χ3v) is 3.79. The third kappa shape index (κ3) is 6.79. The van der Waals surface area contributed by atoms with Crippen molar-refractivity contribution in [3.63, 3.8) is 0 Å². The van der Waals surface area contributed by atoms with Crippen LogP contribution in [0.5, 0.6) is 0 Å². The van der Waals surface area contributed by atoms with Gasteiger partial charge < -0.3 is 24.7 Å². The van der Waals surface area contributed by atoms with Crippen LogP contribution in [0, 0.1) is 0 Å². The summed E-state index contributed by atoms with van der Waals surface area (Å²) in [5.74, 6) is -0.271. The molecular formula is C20H25N3O5. The minimum atomic E-state index is -0.586. The molecule has 0 aliphatic carbocycles. The lowest BCUT2D eigenvalue weighted by atomic mass is 10.1. The quantitative estimate of drug-likeness (QED) is 0.677. The Morgan fingerprint density at radius 1 is 1.14 bits per heavy atom. The van der Waals surface area contributed by atoms with Gasteiger partial charge in [0, 0.05) is 19.6 Å². The molecule has 0 bridgehead atoms. The number of rotatable bonds is 8. The van der Waals surface area contributed by atoms with Gasteiger partial charge in [-0.1, -0.05) is 12.1 Å². The van der Waals surface area contributed by atoms with E-state index in [9.17, 15) is 14.4 Å². The first-order valence-corrected chi connectivity index (χ1v) is 8.92. The van der Waals surface area contributed by atoms with Crippen molar-refractivity contribution < 1.29 is 23.5 Å². The second-order valence-corrected chi connectivity index (χ2v) is 6.58. The highest BCUT2D eigenvalue weighted by Crippen LogP contribution is 2.07. The van der Waals surface area contributed by atoms with Crippen molar-refractivity contribution in [2.24, 2.45) is 0 Å². The first-order valence-electron chi connectivity index (χ1n) is 8.92. The zero-order valence-electron chi connectivity index (χ0n) is 16.2. The van der Waals surface area contributed by atoms with Gasteiger partial charge >= 0.3 is 12.0 Å². The Kier molecular flexibility index (Phi) is 7.62. The average Bonchev–Trinajstić information content (AvgIpc) is 3.17. The van der Waals surface area contributed by atoms with Crippen molar-refractivity contribution >= 4 is 17.9 Å². The molecule has 0 aliphatic rings. The SMILES string of the molecule is CC(C)NC(=O)NCc1ccc(C(=O)OCC(=O)N(C)Cc2ccco2)cc1. The number of nitrogens with zero attached hydrogens (tertiary/aromatic N) is 1. The van der Waals surface area contributed by atoms with E-state index >= 15 is 0 Å². The van der Waals surface area contributed by atoms with Gasteiger partial charge in [0.2, 0.25) is 0 Å². The summed E-state index contributed by atoms with van der Waals surface area (Å²) in [5, 5.41) is 5.45. The maximum atomic E-state index is 12.1. The van der Waals surface area contributed by atoms with Crippen LogP contribution in [0.1, 0.15) is 35.5 Å². The molecule has 3 amide bonds. The summed E-state index contributed by atoms with van der Waals surface area (Å²) in [6, 6.07) is 9.93. The maximum absolute atomic E-state index is 12.1. The molecule has 0 saturated carbocycles. The Morgan fingerprint density at radius 3 is 2.46 bits per heavy atom.